The van der Waals surface area contributed by atoms with Crippen molar-refractivity contribution in [1.29, 1.82) is 0 Å². The monoisotopic (exact) mass is 562 g/mol. The third-order valence-electron chi connectivity index (χ3n) is 7.67. The van der Waals surface area contributed by atoms with Gasteiger partial charge in [-0.05, 0) is 62.5 Å². The molecule has 3 aromatic rings. The van der Waals surface area contributed by atoms with Gasteiger partial charge in [-0.2, -0.15) is 0 Å². The Bertz CT molecular complexity index is 1260. The van der Waals surface area contributed by atoms with Gasteiger partial charge in [-0.3, -0.25) is 14.6 Å². The molecule has 0 aliphatic carbocycles. The van der Waals surface area contributed by atoms with Crippen molar-refractivity contribution in [3.05, 3.63) is 69.8 Å². The number of carbonyl (C=O) groups is 2. The topological polar surface area (TPSA) is 90.9 Å². The van der Waals surface area contributed by atoms with Crippen LogP contribution in [-0.2, 0) is 13.0 Å². The van der Waals surface area contributed by atoms with Crippen LogP contribution in [0, 0.1) is 12.8 Å². The molecule has 0 saturated carbocycles. The maximum absolute atomic E-state index is 12.7. The highest BCUT2D eigenvalue weighted by atomic mass is 32.1. The number of piperidine rings is 1. The lowest BCUT2D eigenvalue weighted by molar-refractivity contribution is 0.102. The Hall–Kier alpha value is -3.34. The first kappa shape index (κ1) is 28.2. The van der Waals surface area contributed by atoms with Gasteiger partial charge in [0.15, 0.2) is 0 Å². The molecule has 2 saturated heterocycles. The standard InChI is InChI=1S/C30H38N6O3S/c1-22-9-12-35(13-10-22)20-24-3-5-25(6-4-24)29(37)33-26-7-8-28(31-19-26)39-30(38)36-17-15-34(16-18-36)14-11-27-21-40-23(2)32-27/h3-8,19,21-22H,9-18,20H2,1-2H3,(H,33,37). The Morgan fingerprint density at radius 1 is 1.00 bits per heavy atom. The van der Waals surface area contributed by atoms with Crippen molar-refractivity contribution in [2.45, 2.75) is 39.7 Å². The molecule has 40 heavy (non-hydrogen) atoms. The van der Waals surface area contributed by atoms with Gasteiger partial charge >= 0.3 is 6.09 Å². The molecule has 10 heteroatoms. The lowest BCUT2D eigenvalue weighted by Crippen LogP contribution is -2.50. The number of amides is 2. The number of piperazine rings is 1. The van der Waals surface area contributed by atoms with Gasteiger partial charge in [-0.15, -0.1) is 11.3 Å². The summed E-state index contributed by atoms with van der Waals surface area (Å²) in [7, 11) is 0. The van der Waals surface area contributed by atoms with E-state index in [1.165, 1.54) is 24.6 Å². The first-order valence-corrected chi connectivity index (χ1v) is 15.0. The van der Waals surface area contributed by atoms with Crippen molar-refractivity contribution in [1.82, 2.24) is 24.7 Å². The molecule has 9 nitrogen and oxygen atoms in total. The molecule has 0 radical (unpaired) electrons. The second kappa shape index (κ2) is 13.3. The van der Waals surface area contributed by atoms with Crippen LogP contribution in [-0.4, -0.2) is 82.5 Å². The van der Waals surface area contributed by atoms with Crippen LogP contribution in [0.3, 0.4) is 0 Å². The van der Waals surface area contributed by atoms with Gasteiger partial charge in [0, 0.05) is 62.7 Å². The number of hydrogen-bond donors (Lipinski definition) is 1. The van der Waals surface area contributed by atoms with E-state index in [9.17, 15) is 9.59 Å². The zero-order valence-electron chi connectivity index (χ0n) is 23.3. The number of anilines is 1. The number of ether oxygens (including phenoxy) is 1. The molecule has 2 aliphatic rings. The number of likely N-dealkylation sites (tertiary alicyclic amines) is 1. The average molecular weight is 563 g/mol. The van der Waals surface area contributed by atoms with Crippen LogP contribution in [0.25, 0.3) is 0 Å². The van der Waals surface area contributed by atoms with E-state index in [1.54, 1.807) is 28.4 Å². The smallest absolute Gasteiger partial charge is 0.391 e. The van der Waals surface area contributed by atoms with Crippen molar-refractivity contribution in [3.63, 3.8) is 0 Å². The van der Waals surface area contributed by atoms with Crippen LogP contribution in [0.1, 0.15) is 46.4 Å². The molecule has 5 rings (SSSR count). The molecule has 0 unspecified atom stereocenters. The SMILES string of the molecule is Cc1nc(CCN2CCN(C(=O)Oc3ccc(NC(=O)c4ccc(CN5CCC(C)CC5)cc4)cn3)CC2)cs1. The Morgan fingerprint density at radius 3 is 2.40 bits per heavy atom. The van der Waals surface area contributed by atoms with Crippen LogP contribution in [0.2, 0.25) is 0 Å². The predicted molar refractivity (Wildman–Crippen MR) is 157 cm³/mol. The lowest BCUT2D eigenvalue weighted by Gasteiger charge is -2.33. The highest BCUT2D eigenvalue weighted by molar-refractivity contribution is 7.09. The fourth-order valence-corrected chi connectivity index (χ4v) is 5.71. The third-order valence-corrected chi connectivity index (χ3v) is 8.49. The molecule has 2 fully saturated rings. The van der Waals surface area contributed by atoms with Crippen molar-refractivity contribution in [3.8, 4) is 5.88 Å². The van der Waals surface area contributed by atoms with Crippen LogP contribution < -0.4 is 10.1 Å². The van der Waals surface area contributed by atoms with Crippen molar-refractivity contribution >= 4 is 29.0 Å². The maximum Gasteiger partial charge on any atom is 0.416 e. The quantitative estimate of drug-likeness (QED) is 0.426. The minimum absolute atomic E-state index is 0.201. The van der Waals surface area contributed by atoms with Gasteiger partial charge in [0.2, 0.25) is 5.88 Å². The fraction of sp³-hybridized carbons (Fsp3) is 0.467. The van der Waals surface area contributed by atoms with Gasteiger partial charge in [0.05, 0.1) is 22.6 Å². The fourth-order valence-electron chi connectivity index (χ4n) is 5.06. The van der Waals surface area contributed by atoms with Crippen molar-refractivity contribution < 1.29 is 14.3 Å². The summed E-state index contributed by atoms with van der Waals surface area (Å²) in [5, 5.41) is 6.07. The van der Waals surface area contributed by atoms with E-state index in [0.717, 1.165) is 62.3 Å². The summed E-state index contributed by atoms with van der Waals surface area (Å²) in [5.74, 6) is 0.821. The van der Waals surface area contributed by atoms with E-state index in [0.29, 0.717) is 24.3 Å². The van der Waals surface area contributed by atoms with Crippen molar-refractivity contribution in [2.75, 3.05) is 51.1 Å². The molecule has 0 atom stereocenters. The van der Waals surface area contributed by atoms with Gasteiger partial charge in [-0.25, -0.2) is 14.8 Å². The van der Waals surface area contributed by atoms with Gasteiger partial charge in [0.1, 0.15) is 0 Å². The summed E-state index contributed by atoms with van der Waals surface area (Å²) in [5.41, 5.74) is 3.48. The minimum Gasteiger partial charge on any atom is -0.391 e. The second-order valence-corrected chi connectivity index (χ2v) is 11.9. The van der Waals surface area contributed by atoms with E-state index in [4.69, 9.17) is 4.74 Å². The number of thiazole rings is 1. The predicted octanol–water partition coefficient (Wildman–Crippen LogP) is 4.69. The summed E-state index contributed by atoms with van der Waals surface area (Å²) in [6, 6.07) is 11.1. The highest BCUT2D eigenvalue weighted by Crippen LogP contribution is 2.19. The van der Waals surface area contributed by atoms with E-state index in [2.05, 4.69) is 37.4 Å². The lowest BCUT2D eigenvalue weighted by atomic mass is 9.99. The molecule has 1 aromatic carbocycles. The molecular weight excluding hydrogens is 524 g/mol. The summed E-state index contributed by atoms with van der Waals surface area (Å²) >= 11 is 1.68. The number of aromatic nitrogens is 2. The molecule has 1 N–H and O–H groups in total. The maximum atomic E-state index is 12.7. The number of rotatable bonds is 8. The number of nitrogens with one attached hydrogen (secondary N) is 1. The first-order valence-electron chi connectivity index (χ1n) is 14.1. The number of aryl methyl sites for hydroxylation is 1. The number of nitrogens with zero attached hydrogens (tertiary/aromatic N) is 5. The second-order valence-electron chi connectivity index (χ2n) is 10.8. The Labute approximate surface area is 240 Å². The van der Waals surface area contributed by atoms with E-state index in [-0.39, 0.29) is 11.8 Å². The first-order chi connectivity index (χ1) is 19.4. The van der Waals surface area contributed by atoms with E-state index >= 15 is 0 Å². The number of carbonyl (C=O) groups excluding carboxylic acids is 2. The van der Waals surface area contributed by atoms with Crippen molar-refractivity contribution in [2.24, 2.45) is 5.92 Å². The van der Waals surface area contributed by atoms with Crippen LogP contribution in [0.4, 0.5) is 10.5 Å². The summed E-state index contributed by atoms with van der Waals surface area (Å²) in [4.78, 5) is 40.6. The molecular formula is C30H38N6O3S. The normalized spacial score (nSPS) is 17.1. The molecule has 0 bridgehead atoms. The number of benzene rings is 1. The minimum atomic E-state index is -0.404. The van der Waals surface area contributed by atoms with E-state index < -0.39 is 6.09 Å². The molecule has 212 valence electrons. The third kappa shape index (κ3) is 7.87. The van der Waals surface area contributed by atoms with Crippen LogP contribution >= 0.6 is 11.3 Å². The summed E-state index contributed by atoms with van der Waals surface area (Å²) in [6.07, 6.45) is 4.52. The zero-order valence-corrected chi connectivity index (χ0v) is 24.2. The molecule has 2 aliphatic heterocycles. The highest BCUT2D eigenvalue weighted by Gasteiger charge is 2.23. The Balaban J connectivity index is 1.04. The zero-order chi connectivity index (χ0) is 27.9. The average Bonchev–Trinajstić information content (AvgIpc) is 3.39. The van der Waals surface area contributed by atoms with Crippen LogP contribution in [0.15, 0.2) is 48.0 Å². The molecule has 2 aromatic heterocycles. The number of hydrogen-bond acceptors (Lipinski definition) is 8. The van der Waals surface area contributed by atoms with Gasteiger partial charge in [-0.1, -0.05) is 19.1 Å². The van der Waals surface area contributed by atoms with Crippen LogP contribution in [0.5, 0.6) is 5.88 Å². The van der Waals surface area contributed by atoms with Gasteiger partial charge < -0.3 is 15.0 Å². The molecule has 0 spiro atoms. The summed E-state index contributed by atoms with van der Waals surface area (Å²) < 4.78 is 5.48. The number of pyridine rings is 1. The summed E-state index contributed by atoms with van der Waals surface area (Å²) in [6.45, 7) is 11.3. The molecule has 4 heterocycles. The Morgan fingerprint density at radius 2 is 1.75 bits per heavy atom. The largest absolute Gasteiger partial charge is 0.416 e. The van der Waals surface area contributed by atoms with E-state index in [1.807, 2.05) is 31.2 Å². The molecule has 2 amide bonds. The Kier molecular flexibility index (Phi) is 9.41. The van der Waals surface area contributed by atoms with Gasteiger partial charge in [0.25, 0.3) is 5.91 Å².